The van der Waals surface area contributed by atoms with Crippen LogP contribution >= 0.6 is 0 Å². The largest absolute Gasteiger partial charge is 0.497 e. The van der Waals surface area contributed by atoms with Gasteiger partial charge < -0.3 is 24.3 Å². The first kappa shape index (κ1) is 20.0. The SMILES string of the molecule is COc1ccc(C(=O)NCC2(c3ccc(OC)c(OC)c3)CCOCC2)cc1. The molecule has 150 valence electrons. The highest BCUT2D eigenvalue weighted by Crippen LogP contribution is 2.38. The molecule has 1 heterocycles. The molecular formula is C22H27NO5. The lowest BCUT2D eigenvalue weighted by atomic mass is 9.74. The molecule has 28 heavy (non-hydrogen) atoms. The summed E-state index contributed by atoms with van der Waals surface area (Å²) in [6, 6.07) is 13.1. The van der Waals surface area contributed by atoms with Crippen molar-refractivity contribution in [3.8, 4) is 17.2 Å². The number of amides is 1. The van der Waals surface area contributed by atoms with E-state index in [2.05, 4.69) is 5.32 Å². The zero-order valence-corrected chi connectivity index (χ0v) is 16.6. The van der Waals surface area contributed by atoms with Crippen molar-refractivity contribution in [2.75, 3.05) is 41.1 Å². The molecule has 6 nitrogen and oxygen atoms in total. The van der Waals surface area contributed by atoms with Gasteiger partial charge in [0.2, 0.25) is 0 Å². The maximum absolute atomic E-state index is 12.7. The Labute approximate surface area is 165 Å². The second-order valence-electron chi connectivity index (χ2n) is 6.87. The summed E-state index contributed by atoms with van der Waals surface area (Å²) < 4.78 is 21.6. The summed E-state index contributed by atoms with van der Waals surface area (Å²) in [6.07, 6.45) is 1.65. The minimum Gasteiger partial charge on any atom is -0.497 e. The van der Waals surface area contributed by atoms with Crippen LogP contribution in [0.2, 0.25) is 0 Å². The van der Waals surface area contributed by atoms with E-state index in [-0.39, 0.29) is 11.3 Å². The lowest BCUT2D eigenvalue weighted by Crippen LogP contribution is -2.44. The maximum Gasteiger partial charge on any atom is 0.251 e. The van der Waals surface area contributed by atoms with Crippen LogP contribution in [0.15, 0.2) is 42.5 Å². The van der Waals surface area contributed by atoms with Crippen LogP contribution in [-0.4, -0.2) is 47.0 Å². The van der Waals surface area contributed by atoms with Crippen molar-refractivity contribution < 1.29 is 23.7 Å². The van der Waals surface area contributed by atoms with E-state index in [1.165, 1.54) is 0 Å². The lowest BCUT2D eigenvalue weighted by molar-refractivity contribution is 0.0486. The molecule has 1 aliphatic heterocycles. The van der Waals surface area contributed by atoms with E-state index in [0.717, 1.165) is 24.2 Å². The summed E-state index contributed by atoms with van der Waals surface area (Å²) in [4.78, 5) is 12.7. The lowest BCUT2D eigenvalue weighted by Gasteiger charge is -2.38. The molecule has 0 saturated carbocycles. The average Bonchev–Trinajstić information content (AvgIpc) is 2.77. The first-order valence-corrected chi connectivity index (χ1v) is 9.34. The van der Waals surface area contributed by atoms with Gasteiger partial charge in [0.25, 0.3) is 5.91 Å². The predicted octanol–water partition coefficient (Wildman–Crippen LogP) is 3.19. The van der Waals surface area contributed by atoms with Crippen molar-refractivity contribution in [1.29, 1.82) is 0 Å². The molecule has 0 radical (unpaired) electrons. The zero-order valence-electron chi connectivity index (χ0n) is 16.6. The molecule has 2 aromatic carbocycles. The molecule has 2 aromatic rings. The number of hydrogen-bond acceptors (Lipinski definition) is 5. The van der Waals surface area contributed by atoms with Crippen molar-refractivity contribution in [3.63, 3.8) is 0 Å². The topological polar surface area (TPSA) is 66.0 Å². The van der Waals surface area contributed by atoms with Crippen LogP contribution in [0.1, 0.15) is 28.8 Å². The Hall–Kier alpha value is -2.73. The summed E-state index contributed by atoms with van der Waals surface area (Å²) in [5, 5.41) is 3.10. The van der Waals surface area contributed by atoms with Gasteiger partial charge in [-0.3, -0.25) is 4.79 Å². The van der Waals surface area contributed by atoms with Crippen LogP contribution in [0.3, 0.4) is 0 Å². The molecular weight excluding hydrogens is 358 g/mol. The molecule has 0 bridgehead atoms. The number of carbonyl (C=O) groups excluding carboxylic acids is 1. The minimum atomic E-state index is -0.208. The van der Waals surface area contributed by atoms with Crippen LogP contribution < -0.4 is 19.5 Å². The number of nitrogens with one attached hydrogen (secondary N) is 1. The Morgan fingerprint density at radius 3 is 2.25 bits per heavy atom. The van der Waals surface area contributed by atoms with Gasteiger partial charge in [-0.15, -0.1) is 0 Å². The number of hydrogen-bond donors (Lipinski definition) is 1. The third-order valence-corrected chi connectivity index (χ3v) is 5.39. The van der Waals surface area contributed by atoms with Gasteiger partial charge in [-0.1, -0.05) is 6.07 Å². The molecule has 1 amide bonds. The Bertz CT molecular complexity index is 797. The van der Waals surface area contributed by atoms with Crippen LogP contribution in [0.25, 0.3) is 0 Å². The van der Waals surface area contributed by atoms with E-state index in [0.29, 0.717) is 36.8 Å². The van der Waals surface area contributed by atoms with Gasteiger partial charge in [0.05, 0.1) is 21.3 Å². The highest BCUT2D eigenvalue weighted by atomic mass is 16.5. The summed E-state index contributed by atoms with van der Waals surface area (Å²) in [6.45, 7) is 1.84. The van der Waals surface area contributed by atoms with Gasteiger partial charge in [-0.05, 0) is 54.8 Å². The fourth-order valence-electron chi connectivity index (χ4n) is 3.59. The van der Waals surface area contributed by atoms with E-state index < -0.39 is 0 Å². The van der Waals surface area contributed by atoms with Crippen molar-refractivity contribution in [2.24, 2.45) is 0 Å². The first-order valence-electron chi connectivity index (χ1n) is 9.34. The third-order valence-electron chi connectivity index (χ3n) is 5.39. The number of benzene rings is 2. The van der Waals surface area contributed by atoms with Gasteiger partial charge in [0.1, 0.15) is 5.75 Å². The van der Waals surface area contributed by atoms with Gasteiger partial charge in [-0.2, -0.15) is 0 Å². The highest BCUT2D eigenvalue weighted by Gasteiger charge is 2.35. The van der Waals surface area contributed by atoms with Gasteiger partial charge in [0, 0.05) is 30.7 Å². The van der Waals surface area contributed by atoms with Crippen molar-refractivity contribution in [3.05, 3.63) is 53.6 Å². The van der Waals surface area contributed by atoms with Crippen molar-refractivity contribution in [1.82, 2.24) is 5.32 Å². The fraction of sp³-hybridized carbons (Fsp3) is 0.409. The summed E-state index contributed by atoms with van der Waals surface area (Å²) >= 11 is 0. The Morgan fingerprint density at radius 1 is 0.964 bits per heavy atom. The third kappa shape index (κ3) is 4.22. The molecule has 0 unspecified atom stereocenters. The molecule has 0 aromatic heterocycles. The van der Waals surface area contributed by atoms with E-state index in [9.17, 15) is 4.79 Å². The summed E-state index contributed by atoms with van der Waals surface area (Å²) in [7, 11) is 4.85. The highest BCUT2D eigenvalue weighted by molar-refractivity contribution is 5.94. The Balaban J connectivity index is 1.80. The molecule has 1 N–H and O–H groups in total. The van der Waals surface area contributed by atoms with Gasteiger partial charge in [-0.25, -0.2) is 0 Å². The number of carbonyl (C=O) groups is 1. The maximum atomic E-state index is 12.7. The monoisotopic (exact) mass is 385 g/mol. The van der Waals surface area contributed by atoms with Crippen LogP contribution in [0.5, 0.6) is 17.2 Å². The number of methoxy groups -OCH3 is 3. The molecule has 1 aliphatic rings. The Kier molecular flexibility index (Phi) is 6.41. The zero-order chi connectivity index (χ0) is 20.0. The second-order valence-corrected chi connectivity index (χ2v) is 6.87. The van der Waals surface area contributed by atoms with Crippen LogP contribution in [-0.2, 0) is 10.2 Å². The van der Waals surface area contributed by atoms with Gasteiger partial charge in [0.15, 0.2) is 11.5 Å². The second kappa shape index (κ2) is 8.97. The van der Waals surface area contributed by atoms with Crippen molar-refractivity contribution >= 4 is 5.91 Å². The van der Waals surface area contributed by atoms with Crippen LogP contribution in [0, 0.1) is 0 Å². The van der Waals surface area contributed by atoms with Crippen LogP contribution in [0.4, 0.5) is 0 Å². The van der Waals surface area contributed by atoms with E-state index in [1.54, 1.807) is 45.6 Å². The standard InChI is InChI=1S/C22H27NO5/c1-25-18-7-4-16(5-8-18)21(24)23-15-22(10-12-28-13-11-22)17-6-9-19(26-2)20(14-17)27-3/h4-9,14H,10-13,15H2,1-3H3,(H,23,24). The molecule has 3 rings (SSSR count). The number of rotatable bonds is 7. The van der Waals surface area contributed by atoms with Crippen molar-refractivity contribution in [2.45, 2.75) is 18.3 Å². The smallest absolute Gasteiger partial charge is 0.251 e. The molecule has 1 saturated heterocycles. The Morgan fingerprint density at radius 2 is 1.64 bits per heavy atom. The van der Waals surface area contributed by atoms with Gasteiger partial charge >= 0.3 is 0 Å². The molecule has 0 atom stereocenters. The average molecular weight is 385 g/mol. The number of ether oxygens (including phenoxy) is 4. The normalized spacial score (nSPS) is 15.5. The van der Waals surface area contributed by atoms with E-state index in [1.807, 2.05) is 18.2 Å². The molecule has 0 aliphatic carbocycles. The van der Waals surface area contributed by atoms with E-state index in [4.69, 9.17) is 18.9 Å². The predicted molar refractivity (Wildman–Crippen MR) is 107 cm³/mol. The van der Waals surface area contributed by atoms with E-state index >= 15 is 0 Å². The molecule has 1 fully saturated rings. The molecule has 0 spiro atoms. The summed E-state index contributed by atoms with van der Waals surface area (Å²) in [5.74, 6) is 2.00. The molecule has 6 heteroatoms. The summed E-state index contributed by atoms with van der Waals surface area (Å²) in [5.41, 5.74) is 1.51. The minimum absolute atomic E-state index is 0.103. The fourth-order valence-corrected chi connectivity index (χ4v) is 3.59. The first-order chi connectivity index (χ1) is 13.6. The quantitative estimate of drug-likeness (QED) is 0.793.